The highest BCUT2D eigenvalue weighted by atomic mass is 79.9. The number of anilines is 1. The molecule has 3 rings (SSSR count). The smallest absolute Gasteiger partial charge is 0.296 e. The van der Waals surface area contributed by atoms with Crippen LogP contribution in [0.15, 0.2) is 53.1 Å². The lowest BCUT2D eigenvalue weighted by Crippen LogP contribution is -2.22. The van der Waals surface area contributed by atoms with Crippen LogP contribution >= 0.6 is 15.9 Å². The van der Waals surface area contributed by atoms with Crippen LogP contribution < -0.4 is 10.1 Å². The van der Waals surface area contributed by atoms with Crippen molar-refractivity contribution in [2.45, 2.75) is 0 Å². The number of nitrogens with one attached hydrogen (secondary N) is 2. The van der Waals surface area contributed by atoms with Gasteiger partial charge in [0.05, 0.1) is 18.4 Å². The maximum absolute atomic E-state index is 12.4. The molecule has 0 saturated heterocycles. The van der Waals surface area contributed by atoms with E-state index in [-0.39, 0.29) is 0 Å². The number of fused-ring (bicyclic) bond motifs is 1. The van der Waals surface area contributed by atoms with Crippen molar-refractivity contribution in [2.24, 2.45) is 0 Å². The third-order valence-corrected chi connectivity index (χ3v) is 4.15. The topological polar surface area (TPSA) is 71.2 Å². The Hall–Kier alpha value is -2.60. The SMILES string of the molecule is COc1ccc2[nH]cc(C(=O)C(=O)Nc3ccccc3Br)c2c1. The van der Waals surface area contributed by atoms with Gasteiger partial charge in [-0.2, -0.15) is 0 Å². The number of amides is 1. The number of ether oxygens (including phenoxy) is 1. The number of rotatable bonds is 4. The highest BCUT2D eigenvalue weighted by molar-refractivity contribution is 9.10. The number of carbonyl (C=O) groups is 2. The Morgan fingerprint density at radius 2 is 1.96 bits per heavy atom. The van der Waals surface area contributed by atoms with Crippen molar-refractivity contribution in [3.05, 3.63) is 58.7 Å². The highest BCUT2D eigenvalue weighted by Crippen LogP contribution is 2.25. The van der Waals surface area contributed by atoms with E-state index in [2.05, 4.69) is 26.2 Å². The van der Waals surface area contributed by atoms with Crippen molar-refractivity contribution in [3.8, 4) is 5.75 Å². The summed E-state index contributed by atoms with van der Waals surface area (Å²) in [6.07, 6.45) is 1.53. The van der Waals surface area contributed by atoms with Gasteiger partial charge in [0.15, 0.2) is 0 Å². The van der Waals surface area contributed by atoms with Crippen LogP contribution in [0.2, 0.25) is 0 Å². The van der Waals surface area contributed by atoms with E-state index < -0.39 is 11.7 Å². The van der Waals surface area contributed by atoms with Crippen molar-refractivity contribution in [2.75, 3.05) is 12.4 Å². The molecular formula is C17H13BrN2O3. The maximum Gasteiger partial charge on any atom is 0.296 e. The first-order valence-electron chi connectivity index (χ1n) is 6.85. The van der Waals surface area contributed by atoms with Crippen LogP contribution in [0.5, 0.6) is 5.75 Å². The van der Waals surface area contributed by atoms with Gasteiger partial charge in [0, 0.05) is 21.6 Å². The Balaban J connectivity index is 1.91. The molecule has 23 heavy (non-hydrogen) atoms. The van der Waals surface area contributed by atoms with Gasteiger partial charge in [0.25, 0.3) is 11.7 Å². The molecule has 0 unspecified atom stereocenters. The fraction of sp³-hybridized carbons (Fsp3) is 0.0588. The fourth-order valence-corrected chi connectivity index (χ4v) is 2.66. The molecule has 116 valence electrons. The Bertz CT molecular complexity index is 902. The maximum atomic E-state index is 12.4. The van der Waals surface area contributed by atoms with Crippen LogP contribution in [-0.2, 0) is 4.79 Å². The number of Topliss-reactive ketones (excluding diaryl/α,β-unsaturated/α-hetero) is 1. The van der Waals surface area contributed by atoms with Gasteiger partial charge < -0.3 is 15.0 Å². The molecule has 0 bridgehead atoms. The monoisotopic (exact) mass is 372 g/mol. The van der Waals surface area contributed by atoms with E-state index in [1.807, 2.05) is 6.07 Å². The van der Waals surface area contributed by atoms with Gasteiger partial charge in [0.1, 0.15) is 5.75 Å². The minimum absolute atomic E-state index is 0.309. The predicted molar refractivity (Wildman–Crippen MR) is 92.0 cm³/mol. The van der Waals surface area contributed by atoms with Crippen molar-refractivity contribution in [3.63, 3.8) is 0 Å². The van der Waals surface area contributed by atoms with Crippen LogP contribution in [0.25, 0.3) is 10.9 Å². The predicted octanol–water partition coefficient (Wildman–Crippen LogP) is 3.76. The number of benzene rings is 2. The number of H-pyrrole nitrogens is 1. The Labute approximate surface area is 140 Å². The Morgan fingerprint density at radius 3 is 2.70 bits per heavy atom. The molecule has 0 saturated carbocycles. The largest absolute Gasteiger partial charge is 0.497 e. The molecule has 0 aliphatic rings. The molecule has 3 aromatic rings. The second kappa shape index (κ2) is 6.26. The zero-order valence-corrected chi connectivity index (χ0v) is 13.8. The molecular weight excluding hydrogens is 360 g/mol. The summed E-state index contributed by atoms with van der Waals surface area (Å²) in [5.41, 5.74) is 1.62. The second-order valence-electron chi connectivity index (χ2n) is 4.88. The van der Waals surface area contributed by atoms with Gasteiger partial charge in [-0.1, -0.05) is 12.1 Å². The Morgan fingerprint density at radius 1 is 1.17 bits per heavy atom. The quantitative estimate of drug-likeness (QED) is 0.540. The molecule has 2 N–H and O–H groups in total. The molecule has 1 heterocycles. The van der Waals surface area contributed by atoms with Crippen molar-refractivity contribution >= 4 is 44.2 Å². The van der Waals surface area contributed by atoms with E-state index in [1.54, 1.807) is 43.5 Å². The average Bonchev–Trinajstić information content (AvgIpc) is 2.99. The molecule has 0 aliphatic heterocycles. The van der Waals surface area contributed by atoms with Gasteiger partial charge in [0.2, 0.25) is 0 Å². The van der Waals surface area contributed by atoms with Crippen molar-refractivity contribution in [1.29, 1.82) is 0 Å². The molecule has 0 fully saturated rings. The van der Waals surface area contributed by atoms with E-state index >= 15 is 0 Å². The number of para-hydroxylation sites is 1. The zero-order chi connectivity index (χ0) is 16.4. The average molecular weight is 373 g/mol. The van der Waals surface area contributed by atoms with Gasteiger partial charge in [-0.05, 0) is 46.3 Å². The number of ketones is 1. The molecule has 1 amide bonds. The van der Waals surface area contributed by atoms with E-state index in [0.717, 1.165) is 5.52 Å². The third-order valence-electron chi connectivity index (χ3n) is 3.46. The summed E-state index contributed by atoms with van der Waals surface area (Å²) in [5, 5.41) is 3.26. The number of methoxy groups -OCH3 is 1. The van der Waals surface area contributed by atoms with E-state index in [0.29, 0.717) is 26.9 Å². The molecule has 6 heteroatoms. The van der Waals surface area contributed by atoms with Crippen LogP contribution in [0, 0.1) is 0 Å². The Kier molecular flexibility index (Phi) is 4.16. The number of halogens is 1. The summed E-state index contributed by atoms with van der Waals surface area (Å²) in [6, 6.07) is 12.4. The third kappa shape index (κ3) is 2.98. The van der Waals surface area contributed by atoms with Crippen LogP contribution in [0.3, 0.4) is 0 Å². The van der Waals surface area contributed by atoms with Crippen molar-refractivity contribution < 1.29 is 14.3 Å². The van der Waals surface area contributed by atoms with Crippen LogP contribution in [-0.4, -0.2) is 23.8 Å². The summed E-state index contributed by atoms with van der Waals surface area (Å²) >= 11 is 3.33. The molecule has 0 aliphatic carbocycles. The number of hydrogen-bond donors (Lipinski definition) is 2. The van der Waals surface area contributed by atoms with E-state index in [4.69, 9.17) is 4.74 Å². The van der Waals surface area contributed by atoms with Crippen molar-refractivity contribution in [1.82, 2.24) is 4.98 Å². The van der Waals surface area contributed by atoms with Crippen LogP contribution in [0.4, 0.5) is 5.69 Å². The van der Waals surface area contributed by atoms with Gasteiger partial charge in [-0.15, -0.1) is 0 Å². The lowest BCUT2D eigenvalue weighted by molar-refractivity contribution is -0.112. The first-order valence-corrected chi connectivity index (χ1v) is 7.65. The molecule has 0 radical (unpaired) electrons. The summed E-state index contributed by atoms with van der Waals surface area (Å²) in [6.45, 7) is 0. The standard InChI is InChI=1S/C17H13BrN2O3/c1-23-10-6-7-14-11(8-10)12(9-19-14)16(21)17(22)20-15-5-3-2-4-13(15)18/h2-9,19H,1H3,(H,20,22). The van der Waals surface area contributed by atoms with E-state index in [9.17, 15) is 9.59 Å². The highest BCUT2D eigenvalue weighted by Gasteiger charge is 2.21. The first kappa shape index (κ1) is 15.3. The van der Waals surface area contributed by atoms with Crippen LogP contribution in [0.1, 0.15) is 10.4 Å². The first-order chi connectivity index (χ1) is 11.1. The number of aromatic nitrogens is 1. The lowest BCUT2D eigenvalue weighted by Gasteiger charge is -2.06. The molecule has 1 aromatic heterocycles. The molecule has 5 nitrogen and oxygen atoms in total. The second-order valence-corrected chi connectivity index (χ2v) is 5.73. The molecule has 0 spiro atoms. The summed E-state index contributed by atoms with van der Waals surface area (Å²) in [4.78, 5) is 27.7. The normalized spacial score (nSPS) is 10.5. The minimum Gasteiger partial charge on any atom is -0.497 e. The number of hydrogen-bond acceptors (Lipinski definition) is 3. The summed E-state index contributed by atoms with van der Waals surface area (Å²) in [7, 11) is 1.55. The summed E-state index contributed by atoms with van der Waals surface area (Å²) in [5.74, 6) is -0.682. The van der Waals surface area contributed by atoms with E-state index in [1.165, 1.54) is 6.20 Å². The number of aromatic amines is 1. The lowest BCUT2D eigenvalue weighted by atomic mass is 10.1. The molecule has 2 aromatic carbocycles. The zero-order valence-electron chi connectivity index (χ0n) is 12.2. The number of carbonyl (C=O) groups excluding carboxylic acids is 2. The van der Waals surface area contributed by atoms with Gasteiger partial charge in [-0.25, -0.2) is 0 Å². The van der Waals surface area contributed by atoms with Gasteiger partial charge in [-0.3, -0.25) is 9.59 Å². The summed E-state index contributed by atoms with van der Waals surface area (Å²) < 4.78 is 5.88. The van der Waals surface area contributed by atoms with Gasteiger partial charge >= 0.3 is 0 Å². The fourth-order valence-electron chi connectivity index (χ4n) is 2.28. The minimum atomic E-state index is -0.694. The molecule has 0 atom stereocenters.